The van der Waals surface area contributed by atoms with Crippen LogP contribution in [0.4, 0.5) is 4.39 Å². The molecule has 1 unspecified atom stereocenters. The number of phenolic OH excluding ortho intramolecular Hbond substituents is 3. The average Bonchev–Trinajstić information content (AvgIpc) is 2.26. The minimum atomic E-state index is -2.23. The smallest absolute Gasteiger partial charge is 0.342 e. The van der Waals surface area contributed by atoms with E-state index in [4.69, 9.17) is 10.8 Å². The molecule has 0 fully saturated rings. The minimum Gasteiger partial charge on any atom is -0.508 e. The van der Waals surface area contributed by atoms with Crippen LogP contribution in [0, 0.1) is 0 Å². The third-order valence-electron chi connectivity index (χ3n) is 2.28. The Bertz CT molecular complexity index is 434. The first kappa shape index (κ1) is 17.3. The number of esters is 1. The molecular formula is C11H15ClFNO5. The lowest BCUT2D eigenvalue weighted by Gasteiger charge is -2.18. The zero-order valence-electron chi connectivity index (χ0n) is 10.0. The summed E-state index contributed by atoms with van der Waals surface area (Å²) in [6.45, 7) is 1.49. The van der Waals surface area contributed by atoms with Crippen LogP contribution in [0.2, 0.25) is 0 Å². The molecule has 1 aromatic rings. The maximum Gasteiger partial charge on any atom is 0.342 e. The van der Waals surface area contributed by atoms with E-state index < -0.39 is 35.4 Å². The molecule has 19 heavy (non-hydrogen) atoms. The fraction of sp³-hybridized carbons (Fsp3) is 0.364. The third-order valence-corrected chi connectivity index (χ3v) is 2.28. The fourth-order valence-electron chi connectivity index (χ4n) is 1.46. The second-order valence-corrected chi connectivity index (χ2v) is 3.58. The molecule has 108 valence electrons. The Hall–Kier alpha value is -1.73. The molecule has 0 saturated heterocycles. The van der Waals surface area contributed by atoms with Crippen molar-refractivity contribution in [2.45, 2.75) is 19.1 Å². The van der Waals surface area contributed by atoms with Crippen LogP contribution < -0.4 is 5.73 Å². The summed E-state index contributed by atoms with van der Waals surface area (Å²) in [6.07, 6.45) is -2.23. The molecule has 0 aliphatic heterocycles. The van der Waals surface area contributed by atoms with Crippen molar-refractivity contribution in [2.75, 3.05) is 6.61 Å². The van der Waals surface area contributed by atoms with Crippen LogP contribution in [-0.4, -0.2) is 34.1 Å². The van der Waals surface area contributed by atoms with Crippen molar-refractivity contribution in [1.29, 1.82) is 0 Å². The second kappa shape index (κ2) is 7.01. The zero-order chi connectivity index (χ0) is 13.9. The third kappa shape index (κ3) is 3.87. The molecule has 5 N–H and O–H groups in total. The van der Waals surface area contributed by atoms with Gasteiger partial charge in [0.1, 0.15) is 17.2 Å². The molecule has 8 heteroatoms. The summed E-state index contributed by atoms with van der Waals surface area (Å²) in [5.41, 5.74) is 5.08. The maximum absolute atomic E-state index is 13.6. The van der Waals surface area contributed by atoms with Crippen molar-refractivity contribution in [2.24, 2.45) is 5.73 Å². The number of rotatable bonds is 4. The molecule has 0 amide bonds. The highest BCUT2D eigenvalue weighted by Gasteiger charge is 2.31. The molecule has 0 aromatic heterocycles. The second-order valence-electron chi connectivity index (χ2n) is 3.58. The lowest BCUT2D eigenvalue weighted by atomic mass is 10.0. The van der Waals surface area contributed by atoms with E-state index in [1.807, 2.05) is 0 Å². The Balaban J connectivity index is 0.00000324. The number of halogens is 2. The van der Waals surface area contributed by atoms with Gasteiger partial charge in [-0.1, -0.05) is 0 Å². The van der Waals surface area contributed by atoms with Gasteiger partial charge in [-0.25, -0.2) is 9.18 Å². The monoisotopic (exact) mass is 295 g/mol. The highest BCUT2D eigenvalue weighted by molar-refractivity contribution is 5.85. The number of nitrogens with two attached hydrogens (primary N) is 1. The zero-order valence-corrected chi connectivity index (χ0v) is 10.9. The summed E-state index contributed by atoms with van der Waals surface area (Å²) in [4.78, 5) is 11.2. The first-order chi connectivity index (χ1) is 8.38. The van der Waals surface area contributed by atoms with Crippen molar-refractivity contribution in [3.63, 3.8) is 0 Å². The van der Waals surface area contributed by atoms with Crippen LogP contribution in [0.25, 0.3) is 0 Å². The molecule has 2 atom stereocenters. The van der Waals surface area contributed by atoms with Gasteiger partial charge in [0, 0.05) is 12.1 Å². The largest absolute Gasteiger partial charge is 0.508 e. The molecule has 0 bridgehead atoms. The molecule has 0 spiro atoms. The van der Waals surface area contributed by atoms with E-state index in [0.717, 1.165) is 12.1 Å². The summed E-state index contributed by atoms with van der Waals surface area (Å²) in [5.74, 6) is -2.80. The molecule has 1 aromatic carbocycles. The number of benzene rings is 1. The van der Waals surface area contributed by atoms with Gasteiger partial charge in [-0.15, -0.1) is 12.4 Å². The van der Waals surface area contributed by atoms with Gasteiger partial charge in [0.15, 0.2) is 0 Å². The lowest BCUT2D eigenvalue weighted by molar-refractivity contribution is -0.149. The number of alkyl halides is 1. The van der Waals surface area contributed by atoms with E-state index in [0.29, 0.717) is 0 Å². The number of aromatic hydroxyl groups is 3. The van der Waals surface area contributed by atoms with E-state index in [-0.39, 0.29) is 24.6 Å². The van der Waals surface area contributed by atoms with Gasteiger partial charge in [-0.3, -0.25) is 0 Å². The normalized spacial score (nSPS) is 13.2. The molecular weight excluding hydrogens is 281 g/mol. The van der Waals surface area contributed by atoms with Gasteiger partial charge in [0.05, 0.1) is 18.2 Å². The van der Waals surface area contributed by atoms with Crippen molar-refractivity contribution in [1.82, 2.24) is 0 Å². The van der Waals surface area contributed by atoms with Gasteiger partial charge in [-0.2, -0.15) is 0 Å². The van der Waals surface area contributed by atoms with Crippen LogP contribution in [0.5, 0.6) is 17.2 Å². The van der Waals surface area contributed by atoms with Crippen molar-refractivity contribution >= 4 is 18.4 Å². The van der Waals surface area contributed by atoms with Gasteiger partial charge in [0.25, 0.3) is 0 Å². The molecule has 0 radical (unpaired) electrons. The van der Waals surface area contributed by atoms with Crippen LogP contribution in [-0.2, 0) is 9.53 Å². The van der Waals surface area contributed by atoms with Crippen LogP contribution in [0.1, 0.15) is 18.5 Å². The summed E-state index contributed by atoms with van der Waals surface area (Å²) in [5, 5.41) is 28.1. The highest BCUT2D eigenvalue weighted by Crippen LogP contribution is 2.37. The molecule has 0 heterocycles. The van der Waals surface area contributed by atoms with E-state index in [2.05, 4.69) is 4.74 Å². The number of hydrogen-bond donors (Lipinski definition) is 4. The van der Waals surface area contributed by atoms with E-state index in [9.17, 15) is 19.4 Å². The Labute approximate surface area is 115 Å². The maximum atomic E-state index is 13.6. The van der Waals surface area contributed by atoms with Crippen molar-refractivity contribution in [3.8, 4) is 17.2 Å². The first-order valence-corrected chi connectivity index (χ1v) is 5.19. The van der Waals surface area contributed by atoms with Crippen molar-refractivity contribution in [3.05, 3.63) is 17.7 Å². The van der Waals surface area contributed by atoms with Gasteiger partial charge >= 0.3 is 5.97 Å². The van der Waals surface area contributed by atoms with E-state index in [1.165, 1.54) is 6.92 Å². The average molecular weight is 296 g/mol. The number of ether oxygens (including phenoxy) is 1. The Kier molecular flexibility index (Phi) is 6.37. The Morgan fingerprint density at radius 2 is 1.84 bits per heavy atom. The number of phenols is 3. The number of carbonyl (C=O) groups excluding carboxylic acids is 1. The van der Waals surface area contributed by atoms with Gasteiger partial charge in [-0.05, 0) is 6.92 Å². The van der Waals surface area contributed by atoms with E-state index in [1.54, 1.807) is 0 Å². The quantitative estimate of drug-likeness (QED) is 0.619. The number of carbonyl (C=O) groups is 1. The molecule has 6 nitrogen and oxygen atoms in total. The topological polar surface area (TPSA) is 113 Å². The standard InChI is InChI=1S/C11H14FNO5.ClH/c1-2-18-11(17)9(12)10(13)8-6(15)3-5(14)4-7(8)16;/h3-4,9-10,14-16H,2,13H2,1H3;1H/t9?,10-;/m0./s1. The number of hydrogen-bond acceptors (Lipinski definition) is 6. The Morgan fingerprint density at radius 3 is 2.26 bits per heavy atom. The predicted octanol–water partition coefficient (Wildman–Crippen LogP) is 1.13. The highest BCUT2D eigenvalue weighted by atomic mass is 35.5. The first-order valence-electron chi connectivity index (χ1n) is 5.19. The molecule has 1 rings (SSSR count). The minimum absolute atomic E-state index is 0. The summed E-state index contributed by atoms with van der Waals surface area (Å²) < 4.78 is 18.1. The summed E-state index contributed by atoms with van der Waals surface area (Å²) >= 11 is 0. The molecule has 0 saturated carbocycles. The molecule has 0 aliphatic rings. The lowest BCUT2D eigenvalue weighted by Crippen LogP contribution is -2.31. The summed E-state index contributed by atoms with van der Waals surface area (Å²) in [7, 11) is 0. The summed E-state index contributed by atoms with van der Waals surface area (Å²) in [6, 6.07) is 0.171. The van der Waals surface area contributed by atoms with Gasteiger partial charge in [0.2, 0.25) is 6.17 Å². The molecule has 0 aliphatic carbocycles. The van der Waals surface area contributed by atoms with Gasteiger partial charge < -0.3 is 25.8 Å². The Morgan fingerprint density at radius 1 is 1.37 bits per heavy atom. The van der Waals surface area contributed by atoms with Crippen LogP contribution in [0.15, 0.2) is 12.1 Å². The SMILES string of the molecule is CCOC(=O)C(F)[C@@H](N)c1c(O)cc(O)cc1O.Cl. The van der Waals surface area contributed by atoms with Crippen molar-refractivity contribution < 1.29 is 29.2 Å². The van der Waals surface area contributed by atoms with Crippen LogP contribution in [0.3, 0.4) is 0 Å². The fourth-order valence-corrected chi connectivity index (χ4v) is 1.46. The predicted molar refractivity (Wildman–Crippen MR) is 67.1 cm³/mol. The van der Waals surface area contributed by atoms with Crippen LogP contribution >= 0.6 is 12.4 Å². The van der Waals surface area contributed by atoms with E-state index >= 15 is 0 Å².